The predicted molar refractivity (Wildman–Crippen MR) is 52.6 cm³/mol. The molecule has 1 aromatic rings. The molecule has 0 fully saturated rings. The molecule has 0 spiro atoms. The van der Waals surface area contributed by atoms with Crippen LogP contribution in [0.15, 0.2) is 12.4 Å². The molecule has 0 aliphatic rings. The van der Waals surface area contributed by atoms with E-state index in [-0.39, 0.29) is 5.69 Å². The zero-order chi connectivity index (χ0) is 10.6. The van der Waals surface area contributed by atoms with Gasteiger partial charge in [0, 0.05) is 26.0 Å². The lowest BCUT2D eigenvalue weighted by Crippen LogP contribution is -2.22. The van der Waals surface area contributed by atoms with Crippen LogP contribution >= 0.6 is 0 Å². The maximum absolute atomic E-state index is 10.8. The highest BCUT2D eigenvalue weighted by Gasteiger charge is 2.15. The number of aromatic carboxylic acids is 1. The molecule has 0 aliphatic carbocycles. The number of anilines is 1. The molecule has 5 heteroatoms. The SMILES string of the molecule is CCCN(C)c1nccnc1C(=O)O. The van der Waals surface area contributed by atoms with Crippen molar-refractivity contribution in [2.45, 2.75) is 13.3 Å². The summed E-state index contributed by atoms with van der Waals surface area (Å²) in [6.45, 7) is 2.78. The summed E-state index contributed by atoms with van der Waals surface area (Å²) in [6, 6.07) is 0. The molecule has 0 aliphatic heterocycles. The van der Waals surface area contributed by atoms with Gasteiger partial charge in [-0.1, -0.05) is 6.92 Å². The van der Waals surface area contributed by atoms with Crippen molar-refractivity contribution in [2.24, 2.45) is 0 Å². The lowest BCUT2D eigenvalue weighted by molar-refractivity contribution is 0.0691. The van der Waals surface area contributed by atoms with Gasteiger partial charge in [-0.3, -0.25) is 0 Å². The highest BCUT2D eigenvalue weighted by Crippen LogP contribution is 2.12. The number of carboxylic acid groups (broad SMARTS) is 1. The Hall–Kier alpha value is -1.65. The van der Waals surface area contributed by atoms with E-state index < -0.39 is 5.97 Å². The van der Waals surface area contributed by atoms with Crippen LogP contribution in [0.2, 0.25) is 0 Å². The molecule has 0 unspecified atom stereocenters. The average molecular weight is 195 g/mol. The van der Waals surface area contributed by atoms with Gasteiger partial charge in [-0.05, 0) is 6.42 Å². The lowest BCUT2D eigenvalue weighted by atomic mass is 10.3. The quantitative estimate of drug-likeness (QED) is 0.777. The minimum atomic E-state index is -1.05. The average Bonchev–Trinajstić information content (AvgIpc) is 2.18. The summed E-state index contributed by atoms with van der Waals surface area (Å²) in [4.78, 5) is 20.4. The van der Waals surface area contributed by atoms with Crippen molar-refractivity contribution in [3.8, 4) is 0 Å². The zero-order valence-electron chi connectivity index (χ0n) is 8.27. The molecule has 1 N–H and O–H groups in total. The van der Waals surface area contributed by atoms with Crippen LogP contribution in [0.4, 0.5) is 5.82 Å². The Morgan fingerprint density at radius 2 is 2.14 bits per heavy atom. The number of rotatable bonds is 4. The van der Waals surface area contributed by atoms with Crippen molar-refractivity contribution < 1.29 is 9.90 Å². The number of nitrogens with zero attached hydrogens (tertiary/aromatic N) is 3. The van der Waals surface area contributed by atoms with Gasteiger partial charge in [0.25, 0.3) is 0 Å². The molecule has 5 nitrogen and oxygen atoms in total. The lowest BCUT2D eigenvalue weighted by Gasteiger charge is -2.17. The number of hydrogen-bond acceptors (Lipinski definition) is 4. The molecule has 0 saturated heterocycles. The van der Waals surface area contributed by atoms with Crippen LogP contribution in [0.25, 0.3) is 0 Å². The topological polar surface area (TPSA) is 66.3 Å². The van der Waals surface area contributed by atoms with E-state index in [1.807, 2.05) is 6.92 Å². The van der Waals surface area contributed by atoms with Crippen molar-refractivity contribution >= 4 is 11.8 Å². The van der Waals surface area contributed by atoms with Crippen LogP contribution in [-0.4, -0.2) is 34.6 Å². The Labute approximate surface area is 82.4 Å². The molecule has 0 saturated carbocycles. The van der Waals surface area contributed by atoms with E-state index in [0.717, 1.165) is 13.0 Å². The molecule has 0 atom stereocenters. The molecule has 1 aromatic heterocycles. The highest BCUT2D eigenvalue weighted by atomic mass is 16.4. The van der Waals surface area contributed by atoms with Gasteiger partial charge in [-0.2, -0.15) is 0 Å². The Balaban J connectivity index is 3.00. The van der Waals surface area contributed by atoms with Crippen molar-refractivity contribution in [1.82, 2.24) is 9.97 Å². The van der Waals surface area contributed by atoms with Crippen molar-refractivity contribution in [2.75, 3.05) is 18.5 Å². The second-order valence-corrected chi connectivity index (χ2v) is 2.96. The van der Waals surface area contributed by atoms with Gasteiger partial charge in [0.15, 0.2) is 11.5 Å². The van der Waals surface area contributed by atoms with Crippen LogP contribution < -0.4 is 4.90 Å². The maximum atomic E-state index is 10.8. The van der Waals surface area contributed by atoms with Gasteiger partial charge in [-0.15, -0.1) is 0 Å². The normalized spacial score (nSPS) is 9.86. The molecule has 0 aromatic carbocycles. The summed E-state index contributed by atoms with van der Waals surface area (Å²) in [5.74, 6) is -0.627. The summed E-state index contributed by atoms with van der Waals surface area (Å²) < 4.78 is 0. The van der Waals surface area contributed by atoms with E-state index in [4.69, 9.17) is 5.11 Å². The van der Waals surface area contributed by atoms with Crippen LogP contribution in [0.1, 0.15) is 23.8 Å². The molecule has 1 rings (SSSR count). The molecule has 0 radical (unpaired) electrons. The van der Waals surface area contributed by atoms with Gasteiger partial charge in [0.2, 0.25) is 0 Å². The molecule has 1 heterocycles. The van der Waals surface area contributed by atoms with Crippen LogP contribution in [-0.2, 0) is 0 Å². The number of hydrogen-bond donors (Lipinski definition) is 1. The van der Waals surface area contributed by atoms with Crippen LogP contribution in [0.5, 0.6) is 0 Å². The fraction of sp³-hybridized carbons (Fsp3) is 0.444. The molecule has 76 valence electrons. The maximum Gasteiger partial charge on any atom is 0.358 e. The van der Waals surface area contributed by atoms with E-state index in [1.165, 1.54) is 12.4 Å². The standard InChI is InChI=1S/C9H13N3O2/c1-3-6-12(2)8-7(9(13)14)10-4-5-11-8/h4-5H,3,6H2,1-2H3,(H,13,14). The minimum Gasteiger partial charge on any atom is -0.476 e. The van der Waals surface area contributed by atoms with Gasteiger partial charge >= 0.3 is 5.97 Å². The van der Waals surface area contributed by atoms with Gasteiger partial charge in [0.1, 0.15) is 0 Å². The zero-order valence-corrected chi connectivity index (χ0v) is 8.27. The van der Waals surface area contributed by atoms with Crippen molar-refractivity contribution in [3.05, 3.63) is 18.1 Å². The first kappa shape index (κ1) is 10.4. The Bertz CT molecular complexity index is 328. The van der Waals surface area contributed by atoms with Gasteiger partial charge in [-0.25, -0.2) is 14.8 Å². The van der Waals surface area contributed by atoms with E-state index in [1.54, 1.807) is 11.9 Å². The van der Waals surface area contributed by atoms with E-state index >= 15 is 0 Å². The molecule has 14 heavy (non-hydrogen) atoms. The highest BCUT2D eigenvalue weighted by molar-refractivity contribution is 5.90. The smallest absolute Gasteiger partial charge is 0.358 e. The first-order valence-corrected chi connectivity index (χ1v) is 4.42. The first-order valence-electron chi connectivity index (χ1n) is 4.42. The van der Waals surface area contributed by atoms with Gasteiger partial charge in [0.05, 0.1) is 0 Å². The van der Waals surface area contributed by atoms with Crippen LogP contribution in [0, 0.1) is 0 Å². The third-order valence-electron chi connectivity index (χ3n) is 1.80. The predicted octanol–water partition coefficient (Wildman–Crippen LogP) is 1.02. The Morgan fingerprint density at radius 3 is 2.71 bits per heavy atom. The molecular weight excluding hydrogens is 182 g/mol. The Morgan fingerprint density at radius 1 is 1.50 bits per heavy atom. The first-order chi connectivity index (χ1) is 6.66. The number of carboxylic acids is 1. The van der Waals surface area contributed by atoms with E-state index in [2.05, 4.69) is 9.97 Å². The third kappa shape index (κ3) is 2.18. The molecule has 0 amide bonds. The number of aromatic nitrogens is 2. The van der Waals surface area contributed by atoms with E-state index in [0.29, 0.717) is 5.82 Å². The third-order valence-corrected chi connectivity index (χ3v) is 1.80. The minimum absolute atomic E-state index is 0.00319. The largest absolute Gasteiger partial charge is 0.476 e. The fourth-order valence-corrected chi connectivity index (χ4v) is 1.20. The Kier molecular flexibility index (Phi) is 3.39. The summed E-state index contributed by atoms with van der Waals surface area (Å²) in [5, 5.41) is 8.85. The second-order valence-electron chi connectivity index (χ2n) is 2.96. The van der Waals surface area contributed by atoms with Crippen LogP contribution in [0.3, 0.4) is 0 Å². The molecule has 0 bridgehead atoms. The second kappa shape index (κ2) is 4.55. The summed E-state index contributed by atoms with van der Waals surface area (Å²) in [7, 11) is 1.81. The number of carbonyl (C=O) groups is 1. The molecular formula is C9H13N3O2. The van der Waals surface area contributed by atoms with Crippen molar-refractivity contribution in [3.63, 3.8) is 0 Å². The summed E-state index contributed by atoms with van der Waals surface area (Å²) in [5.41, 5.74) is 0.00319. The fourth-order valence-electron chi connectivity index (χ4n) is 1.20. The summed E-state index contributed by atoms with van der Waals surface area (Å²) in [6.07, 6.45) is 3.81. The summed E-state index contributed by atoms with van der Waals surface area (Å²) >= 11 is 0. The van der Waals surface area contributed by atoms with Crippen molar-refractivity contribution in [1.29, 1.82) is 0 Å². The van der Waals surface area contributed by atoms with Gasteiger partial charge < -0.3 is 10.0 Å². The monoisotopic (exact) mass is 195 g/mol. The van der Waals surface area contributed by atoms with E-state index in [9.17, 15) is 4.79 Å².